The highest BCUT2D eigenvalue weighted by atomic mass is 16.3. The molecule has 0 atom stereocenters. The molecule has 0 aliphatic rings. The van der Waals surface area contributed by atoms with Crippen molar-refractivity contribution in [1.29, 1.82) is 0 Å². The third-order valence-corrected chi connectivity index (χ3v) is 2.50. The summed E-state index contributed by atoms with van der Waals surface area (Å²) in [7, 11) is 0. The Hall–Kier alpha value is -2.70. The zero-order chi connectivity index (χ0) is 13.8. The Morgan fingerprint density at radius 2 is 2.21 bits per heavy atom. The van der Waals surface area contributed by atoms with E-state index in [4.69, 9.17) is 5.73 Å². The van der Waals surface area contributed by atoms with Crippen molar-refractivity contribution >= 4 is 11.6 Å². The molecule has 0 saturated heterocycles. The molecule has 0 saturated carbocycles. The van der Waals surface area contributed by atoms with Gasteiger partial charge in [-0.15, -0.1) is 0 Å². The number of hydrogen-bond donors (Lipinski definition) is 4. The summed E-state index contributed by atoms with van der Waals surface area (Å²) in [6.07, 6.45) is 3.20. The zero-order valence-corrected chi connectivity index (χ0v) is 10.1. The van der Waals surface area contributed by atoms with E-state index in [9.17, 15) is 15.0 Å². The van der Waals surface area contributed by atoms with E-state index in [2.05, 4.69) is 10.4 Å². The number of nitrogens with one attached hydrogen (secondary N) is 1. The van der Waals surface area contributed by atoms with E-state index in [1.54, 1.807) is 18.5 Å². The molecule has 2 aromatic rings. The first-order chi connectivity index (χ1) is 9.04. The van der Waals surface area contributed by atoms with Crippen LogP contribution in [0, 0.1) is 0 Å². The third-order valence-electron chi connectivity index (χ3n) is 2.50. The van der Waals surface area contributed by atoms with E-state index >= 15 is 0 Å². The van der Waals surface area contributed by atoms with Crippen molar-refractivity contribution in [2.24, 2.45) is 5.73 Å². The van der Waals surface area contributed by atoms with E-state index < -0.39 is 5.91 Å². The number of primary amides is 1. The van der Waals surface area contributed by atoms with Crippen molar-refractivity contribution in [2.45, 2.75) is 13.1 Å². The number of benzene rings is 1. The molecule has 100 valence electrons. The lowest BCUT2D eigenvalue weighted by Gasteiger charge is -2.06. The summed E-state index contributed by atoms with van der Waals surface area (Å²) in [5.41, 5.74) is 6.40. The Labute approximate surface area is 109 Å². The van der Waals surface area contributed by atoms with Gasteiger partial charge in [-0.3, -0.25) is 9.48 Å². The van der Waals surface area contributed by atoms with Crippen LogP contribution in [0.4, 0.5) is 5.69 Å². The molecule has 0 spiro atoms. The van der Waals surface area contributed by atoms with E-state index in [0.717, 1.165) is 0 Å². The minimum absolute atomic E-state index is 0.00975. The second kappa shape index (κ2) is 5.30. The topological polar surface area (TPSA) is 113 Å². The molecule has 0 radical (unpaired) electrons. The standard InChI is InChI=1S/C12H14N4O3/c13-12(19)7-16-6-9(5-15-16)14-4-8-1-2-10(17)3-11(8)18/h1-3,5-6,14,17-18H,4,7H2,(H2,13,19). The second-order valence-corrected chi connectivity index (χ2v) is 4.06. The van der Waals surface area contributed by atoms with Gasteiger partial charge in [-0.05, 0) is 12.1 Å². The van der Waals surface area contributed by atoms with Crippen molar-refractivity contribution in [2.75, 3.05) is 5.32 Å². The van der Waals surface area contributed by atoms with Crippen molar-refractivity contribution in [3.8, 4) is 11.5 Å². The number of rotatable bonds is 5. The lowest BCUT2D eigenvalue weighted by atomic mass is 10.2. The normalized spacial score (nSPS) is 10.3. The molecule has 0 bridgehead atoms. The van der Waals surface area contributed by atoms with Gasteiger partial charge in [-0.1, -0.05) is 0 Å². The van der Waals surface area contributed by atoms with Crippen LogP contribution in [0.25, 0.3) is 0 Å². The van der Waals surface area contributed by atoms with Gasteiger partial charge in [0.25, 0.3) is 0 Å². The van der Waals surface area contributed by atoms with Crippen LogP contribution in [0.15, 0.2) is 30.6 Å². The van der Waals surface area contributed by atoms with Crippen molar-refractivity contribution in [3.63, 3.8) is 0 Å². The number of carbonyl (C=O) groups is 1. The van der Waals surface area contributed by atoms with Gasteiger partial charge in [0.05, 0.1) is 11.9 Å². The largest absolute Gasteiger partial charge is 0.508 e. The van der Waals surface area contributed by atoms with Crippen molar-refractivity contribution in [1.82, 2.24) is 9.78 Å². The Kier molecular flexibility index (Phi) is 3.56. The number of aromatic nitrogens is 2. The highest BCUT2D eigenvalue weighted by Gasteiger charge is 2.04. The van der Waals surface area contributed by atoms with Gasteiger partial charge < -0.3 is 21.3 Å². The van der Waals surface area contributed by atoms with Gasteiger partial charge in [0.2, 0.25) is 5.91 Å². The molecule has 2 rings (SSSR count). The highest BCUT2D eigenvalue weighted by Crippen LogP contribution is 2.23. The van der Waals surface area contributed by atoms with Crippen LogP contribution in [0.1, 0.15) is 5.56 Å². The van der Waals surface area contributed by atoms with Crippen molar-refractivity contribution in [3.05, 3.63) is 36.2 Å². The predicted octanol–water partition coefficient (Wildman–Crippen LogP) is 0.392. The second-order valence-electron chi connectivity index (χ2n) is 4.06. The number of phenolic OH excluding ortho intramolecular Hbond substituents is 2. The Morgan fingerprint density at radius 3 is 2.89 bits per heavy atom. The van der Waals surface area contributed by atoms with Crippen LogP contribution >= 0.6 is 0 Å². The molecule has 5 N–H and O–H groups in total. The number of hydrogen-bond acceptors (Lipinski definition) is 5. The SMILES string of the molecule is NC(=O)Cn1cc(NCc2ccc(O)cc2O)cn1. The number of phenols is 2. The summed E-state index contributed by atoms with van der Waals surface area (Å²) in [6, 6.07) is 4.38. The Morgan fingerprint density at radius 1 is 1.42 bits per heavy atom. The van der Waals surface area contributed by atoms with Crippen molar-refractivity contribution < 1.29 is 15.0 Å². The molecule has 0 aliphatic carbocycles. The average molecular weight is 262 g/mol. The molecule has 0 unspecified atom stereocenters. The van der Waals surface area contributed by atoms with Crippen LogP contribution in [-0.4, -0.2) is 25.9 Å². The van der Waals surface area contributed by atoms with Gasteiger partial charge in [0, 0.05) is 24.4 Å². The van der Waals surface area contributed by atoms with Gasteiger partial charge in [0.15, 0.2) is 0 Å². The van der Waals surface area contributed by atoms with E-state index in [0.29, 0.717) is 17.8 Å². The van der Waals surface area contributed by atoms with E-state index in [1.807, 2.05) is 0 Å². The van der Waals surface area contributed by atoms with Crippen LogP contribution in [0.2, 0.25) is 0 Å². The summed E-state index contributed by atoms with van der Waals surface area (Å²) in [4.78, 5) is 10.7. The first-order valence-corrected chi connectivity index (χ1v) is 5.60. The third kappa shape index (κ3) is 3.38. The Bertz CT molecular complexity index is 594. The highest BCUT2D eigenvalue weighted by molar-refractivity contribution is 5.73. The predicted molar refractivity (Wildman–Crippen MR) is 68.5 cm³/mol. The maximum atomic E-state index is 10.7. The van der Waals surface area contributed by atoms with E-state index in [-0.39, 0.29) is 18.0 Å². The summed E-state index contributed by atoms with van der Waals surface area (Å²) in [6.45, 7) is 0.389. The summed E-state index contributed by atoms with van der Waals surface area (Å²) in [5.74, 6) is -0.446. The molecule has 1 heterocycles. The van der Waals surface area contributed by atoms with Gasteiger partial charge in [-0.2, -0.15) is 5.10 Å². The Balaban J connectivity index is 1.98. The number of anilines is 1. The van der Waals surface area contributed by atoms with Gasteiger partial charge in [0.1, 0.15) is 18.0 Å². The fourth-order valence-electron chi connectivity index (χ4n) is 1.60. The quantitative estimate of drug-likeness (QED) is 0.622. The zero-order valence-electron chi connectivity index (χ0n) is 10.1. The molecule has 7 nitrogen and oxygen atoms in total. The fraction of sp³-hybridized carbons (Fsp3) is 0.167. The lowest BCUT2D eigenvalue weighted by Crippen LogP contribution is -2.18. The fourth-order valence-corrected chi connectivity index (χ4v) is 1.60. The molecule has 0 aliphatic heterocycles. The maximum Gasteiger partial charge on any atom is 0.239 e. The van der Waals surface area contributed by atoms with Crippen LogP contribution < -0.4 is 11.1 Å². The molecular formula is C12H14N4O3. The average Bonchev–Trinajstić information content (AvgIpc) is 2.74. The number of nitrogens with two attached hydrogens (primary N) is 1. The minimum atomic E-state index is -0.467. The molecule has 1 amide bonds. The minimum Gasteiger partial charge on any atom is -0.508 e. The van der Waals surface area contributed by atoms with Crippen LogP contribution in [0.5, 0.6) is 11.5 Å². The number of carbonyl (C=O) groups excluding carboxylic acids is 1. The molecule has 7 heteroatoms. The first-order valence-electron chi connectivity index (χ1n) is 5.60. The summed E-state index contributed by atoms with van der Waals surface area (Å²) >= 11 is 0. The monoisotopic (exact) mass is 262 g/mol. The lowest BCUT2D eigenvalue weighted by molar-refractivity contribution is -0.118. The first kappa shape index (κ1) is 12.7. The van der Waals surface area contributed by atoms with E-state index in [1.165, 1.54) is 16.8 Å². The van der Waals surface area contributed by atoms with Crippen LogP contribution in [0.3, 0.4) is 0 Å². The van der Waals surface area contributed by atoms with Crippen LogP contribution in [-0.2, 0) is 17.9 Å². The van der Waals surface area contributed by atoms with Gasteiger partial charge in [-0.25, -0.2) is 0 Å². The number of aromatic hydroxyl groups is 2. The maximum absolute atomic E-state index is 10.7. The molecular weight excluding hydrogens is 248 g/mol. The summed E-state index contributed by atoms with van der Waals surface area (Å²) in [5, 5.41) is 25.8. The van der Waals surface area contributed by atoms with Gasteiger partial charge >= 0.3 is 0 Å². The molecule has 19 heavy (non-hydrogen) atoms. The summed E-state index contributed by atoms with van der Waals surface area (Å²) < 4.78 is 1.42. The number of nitrogens with zero attached hydrogens (tertiary/aromatic N) is 2. The smallest absolute Gasteiger partial charge is 0.239 e. The molecule has 0 fully saturated rings. The molecule has 1 aromatic heterocycles. The molecule has 1 aromatic carbocycles. The number of amides is 1.